The molecule has 0 atom stereocenters. The van der Waals surface area contributed by atoms with Gasteiger partial charge in [0, 0.05) is 11.6 Å². The molecule has 0 aliphatic carbocycles. The molecule has 2 nitrogen and oxygen atoms in total. The molecule has 0 aromatic rings. The van der Waals surface area contributed by atoms with E-state index in [-0.39, 0.29) is 6.61 Å². The van der Waals surface area contributed by atoms with Gasteiger partial charge in [-0.2, -0.15) is 13.2 Å². The van der Waals surface area contributed by atoms with Crippen LogP contribution in [0.25, 0.3) is 0 Å². The Morgan fingerprint density at radius 3 is 2.00 bits per heavy atom. The van der Waals surface area contributed by atoms with Crippen molar-refractivity contribution in [2.24, 2.45) is 5.41 Å². The summed E-state index contributed by atoms with van der Waals surface area (Å²) in [5, 5.41) is 0. The van der Waals surface area contributed by atoms with Crippen molar-refractivity contribution in [2.75, 3.05) is 6.61 Å². The first-order valence-corrected chi connectivity index (χ1v) is 4.55. The van der Waals surface area contributed by atoms with E-state index in [1.54, 1.807) is 0 Å². The number of halogens is 3. The van der Waals surface area contributed by atoms with E-state index >= 15 is 0 Å². The molecule has 0 saturated heterocycles. The highest BCUT2D eigenvalue weighted by molar-refractivity contribution is 5.83. The van der Waals surface area contributed by atoms with Crippen molar-refractivity contribution < 1.29 is 22.7 Å². The third-order valence-corrected chi connectivity index (χ3v) is 1.66. The fourth-order valence-corrected chi connectivity index (χ4v) is 1.03. The third kappa shape index (κ3) is 4.85. The molecule has 0 unspecified atom stereocenters. The normalized spacial score (nSPS) is 13.9. The van der Waals surface area contributed by atoms with Crippen molar-refractivity contribution in [3.63, 3.8) is 0 Å². The second-order valence-electron chi connectivity index (χ2n) is 4.06. The van der Waals surface area contributed by atoms with E-state index in [9.17, 15) is 18.0 Å². The fraction of sp³-hybridized carbons (Fsp3) is 0.700. The van der Waals surface area contributed by atoms with Crippen LogP contribution < -0.4 is 0 Å². The van der Waals surface area contributed by atoms with Crippen LogP contribution in [0.15, 0.2) is 11.6 Å². The van der Waals surface area contributed by atoms with Gasteiger partial charge in [-0.3, -0.25) is 0 Å². The molecule has 0 radical (unpaired) electrons. The highest BCUT2D eigenvalue weighted by atomic mass is 19.4. The van der Waals surface area contributed by atoms with Crippen LogP contribution >= 0.6 is 0 Å². The highest BCUT2D eigenvalue weighted by Gasteiger charge is 2.41. The van der Waals surface area contributed by atoms with Crippen molar-refractivity contribution >= 4 is 5.97 Å². The molecule has 0 aromatic heterocycles. The second-order valence-corrected chi connectivity index (χ2v) is 4.06. The Labute approximate surface area is 87.1 Å². The van der Waals surface area contributed by atoms with E-state index in [1.807, 2.05) is 0 Å². The lowest BCUT2D eigenvalue weighted by Gasteiger charge is -2.24. The van der Waals surface area contributed by atoms with Crippen molar-refractivity contribution in [1.29, 1.82) is 0 Å². The smallest absolute Gasteiger partial charge is 0.413 e. The first-order chi connectivity index (χ1) is 6.59. The molecule has 0 N–H and O–H groups in total. The Balaban J connectivity index is 5.05. The van der Waals surface area contributed by atoms with Gasteiger partial charge in [-0.15, -0.1) is 0 Å². The number of esters is 1. The number of carbonyl (C=O) groups excluding carboxylic acids is 1. The zero-order valence-corrected chi connectivity index (χ0v) is 9.23. The van der Waals surface area contributed by atoms with Crippen LogP contribution in [-0.4, -0.2) is 18.8 Å². The molecule has 0 aromatic carbocycles. The average Bonchev–Trinajstić information content (AvgIpc) is 1.96. The summed E-state index contributed by atoms with van der Waals surface area (Å²) in [6.07, 6.45) is -3.99. The molecular formula is C10H15F3O2. The van der Waals surface area contributed by atoms with Crippen molar-refractivity contribution in [2.45, 2.75) is 33.9 Å². The van der Waals surface area contributed by atoms with Gasteiger partial charge in [0.2, 0.25) is 0 Å². The number of hydrogen-bond acceptors (Lipinski definition) is 2. The minimum atomic E-state index is -4.51. The molecule has 15 heavy (non-hydrogen) atoms. The summed E-state index contributed by atoms with van der Waals surface area (Å²) < 4.78 is 42.1. The van der Waals surface area contributed by atoms with E-state index in [1.165, 1.54) is 27.7 Å². The molecule has 0 aliphatic heterocycles. The summed E-state index contributed by atoms with van der Waals surface area (Å²) in [5.41, 5.74) is -2.01. The molecule has 0 amide bonds. The Morgan fingerprint density at radius 1 is 1.27 bits per heavy atom. The van der Waals surface area contributed by atoms with Gasteiger partial charge in [-0.05, 0) is 12.3 Å². The van der Waals surface area contributed by atoms with Crippen LogP contribution in [0.4, 0.5) is 13.2 Å². The average molecular weight is 224 g/mol. The monoisotopic (exact) mass is 224 g/mol. The Hall–Kier alpha value is -1.00. The van der Waals surface area contributed by atoms with Gasteiger partial charge in [0.1, 0.15) is 0 Å². The lowest BCUT2D eigenvalue weighted by atomic mass is 9.86. The summed E-state index contributed by atoms with van der Waals surface area (Å²) in [4.78, 5) is 10.9. The van der Waals surface area contributed by atoms with Gasteiger partial charge >= 0.3 is 12.1 Å². The molecule has 0 bridgehead atoms. The molecule has 0 spiro atoms. The quantitative estimate of drug-likeness (QED) is 0.532. The van der Waals surface area contributed by atoms with Crippen LogP contribution in [0.3, 0.4) is 0 Å². The van der Waals surface area contributed by atoms with Crippen molar-refractivity contribution in [3.8, 4) is 0 Å². The maximum Gasteiger partial charge on any atom is 0.413 e. The van der Waals surface area contributed by atoms with E-state index in [0.717, 1.165) is 0 Å². The number of allylic oxidation sites excluding steroid dienone is 1. The molecule has 0 heterocycles. The van der Waals surface area contributed by atoms with Crippen LogP contribution in [0.2, 0.25) is 0 Å². The van der Waals surface area contributed by atoms with Gasteiger partial charge in [0.05, 0.1) is 6.61 Å². The van der Waals surface area contributed by atoms with E-state index in [4.69, 9.17) is 0 Å². The van der Waals surface area contributed by atoms with Crippen LogP contribution in [0.1, 0.15) is 27.7 Å². The van der Waals surface area contributed by atoms with Gasteiger partial charge in [0.15, 0.2) is 0 Å². The maximum atomic E-state index is 12.5. The zero-order chi connectivity index (χ0) is 12.3. The molecule has 5 heteroatoms. The Bertz CT molecular complexity index is 243. The van der Waals surface area contributed by atoms with E-state index < -0.39 is 23.1 Å². The van der Waals surface area contributed by atoms with Crippen LogP contribution in [0.5, 0.6) is 0 Å². The van der Waals surface area contributed by atoms with Crippen molar-refractivity contribution in [1.82, 2.24) is 0 Å². The number of carbonyl (C=O) groups is 1. The minimum Gasteiger partial charge on any atom is -0.463 e. The number of rotatable bonds is 2. The number of ether oxygens (including phenoxy) is 1. The summed E-state index contributed by atoms with van der Waals surface area (Å²) >= 11 is 0. The lowest BCUT2D eigenvalue weighted by Crippen LogP contribution is -2.25. The van der Waals surface area contributed by atoms with Gasteiger partial charge in [0.25, 0.3) is 0 Å². The predicted octanol–water partition coefficient (Wildman–Crippen LogP) is 3.08. The predicted molar refractivity (Wildman–Crippen MR) is 50.2 cm³/mol. The van der Waals surface area contributed by atoms with Crippen molar-refractivity contribution in [3.05, 3.63) is 11.6 Å². The standard InChI is InChI=1S/C10H15F3O2/c1-5-15-8(14)6-7(9(2,3)4)10(11,12)13/h6H,5H2,1-4H3/b7-6-. The molecule has 0 fully saturated rings. The van der Waals surface area contributed by atoms with Crippen LogP contribution in [-0.2, 0) is 9.53 Å². The summed E-state index contributed by atoms with van der Waals surface area (Å²) in [6.45, 7) is 5.78. The molecule has 0 rings (SSSR count). The highest BCUT2D eigenvalue weighted by Crippen LogP contribution is 2.38. The molecule has 0 aliphatic rings. The summed E-state index contributed by atoms with van der Waals surface area (Å²) in [7, 11) is 0. The van der Waals surface area contributed by atoms with Crippen LogP contribution in [0, 0.1) is 5.41 Å². The summed E-state index contributed by atoms with van der Waals surface area (Å²) in [6, 6.07) is 0. The number of hydrogen-bond donors (Lipinski definition) is 0. The zero-order valence-electron chi connectivity index (χ0n) is 9.23. The first kappa shape index (κ1) is 14.0. The third-order valence-electron chi connectivity index (χ3n) is 1.66. The first-order valence-electron chi connectivity index (χ1n) is 4.55. The second kappa shape index (κ2) is 4.68. The molecule has 88 valence electrons. The molecule has 0 saturated carbocycles. The number of alkyl halides is 3. The summed E-state index contributed by atoms with van der Waals surface area (Å²) in [5.74, 6) is -0.959. The maximum absolute atomic E-state index is 12.5. The van der Waals surface area contributed by atoms with Gasteiger partial charge < -0.3 is 4.74 Å². The molecular weight excluding hydrogens is 209 g/mol. The fourth-order valence-electron chi connectivity index (χ4n) is 1.03. The van der Waals surface area contributed by atoms with E-state index in [2.05, 4.69) is 4.74 Å². The minimum absolute atomic E-state index is 0.0601. The van der Waals surface area contributed by atoms with E-state index in [0.29, 0.717) is 6.08 Å². The SMILES string of the molecule is CCOC(=O)/C=C(/C(C)(C)C)C(F)(F)F. The Kier molecular flexibility index (Phi) is 4.37. The Morgan fingerprint density at radius 2 is 1.73 bits per heavy atom. The largest absolute Gasteiger partial charge is 0.463 e. The lowest BCUT2D eigenvalue weighted by molar-refractivity contribution is -0.139. The van der Waals surface area contributed by atoms with Gasteiger partial charge in [-0.1, -0.05) is 20.8 Å². The van der Waals surface area contributed by atoms with Gasteiger partial charge in [-0.25, -0.2) is 4.79 Å². The topological polar surface area (TPSA) is 26.3 Å².